The molecule has 0 radical (unpaired) electrons. The van der Waals surface area contributed by atoms with Crippen molar-refractivity contribution in [2.45, 2.75) is 40.0 Å². The number of rotatable bonds is 3. The van der Waals surface area contributed by atoms with Crippen LogP contribution in [0.15, 0.2) is 18.5 Å². The second-order valence-corrected chi connectivity index (χ2v) is 5.09. The first-order chi connectivity index (χ1) is 7.56. The van der Waals surface area contributed by atoms with Gasteiger partial charge in [-0.05, 0) is 23.8 Å². The lowest BCUT2D eigenvalue weighted by atomic mass is 10.1. The van der Waals surface area contributed by atoms with E-state index in [2.05, 4.69) is 50.0 Å². The van der Waals surface area contributed by atoms with Gasteiger partial charge >= 0.3 is 0 Å². The van der Waals surface area contributed by atoms with Gasteiger partial charge in [-0.1, -0.05) is 27.7 Å². The summed E-state index contributed by atoms with van der Waals surface area (Å²) in [4.78, 5) is 4.44. The zero-order valence-electron chi connectivity index (χ0n) is 10.4. The molecule has 3 heteroatoms. The van der Waals surface area contributed by atoms with Crippen LogP contribution in [0.5, 0.6) is 0 Å². The van der Waals surface area contributed by atoms with E-state index in [-0.39, 0.29) is 0 Å². The minimum atomic E-state index is 0.454. The number of hydrogen-bond acceptors (Lipinski definition) is 2. The van der Waals surface area contributed by atoms with Gasteiger partial charge in [0.1, 0.15) is 0 Å². The summed E-state index contributed by atoms with van der Waals surface area (Å²) in [7, 11) is 0. The van der Waals surface area contributed by atoms with Crippen LogP contribution < -0.4 is 0 Å². The van der Waals surface area contributed by atoms with E-state index in [1.807, 2.05) is 10.7 Å². The second-order valence-electron chi connectivity index (χ2n) is 5.09. The molecule has 0 saturated carbocycles. The summed E-state index contributed by atoms with van der Waals surface area (Å²) in [6.07, 6.45) is 5.11. The minimum absolute atomic E-state index is 0.454. The lowest BCUT2D eigenvalue weighted by molar-refractivity contribution is 0.641. The molecule has 0 amide bonds. The number of hydrogen-bond donors (Lipinski definition) is 0. The Kier molecular flexibility index (Phi) is 2.95. The van der Waals surface area contributed by atoms with Crippen LogP contribution in [0.3, 0.4) is 0 Å². The van der Waals surface area contributed by atoms with Crippen molar-refractivity contribution in [1.29, 1.82) is 0 Å². The van der Waals surface area contributed by atoms with E-state index in [1.165, 1.54) is 5.56 Å². The number of nitrogens with zero attached hydrogens (tertiary/aromatic N) is 3. The summed E-state index contributed by atoms with van der Waals surface area (Å²) in [5.41, 5.74) is 3.30. The van der Waals surface area contributed by atoms with E-state index >= 15 is 0 Å². The third kappa shape index (κ3) is 2.23. The summed E-state index contributed by atoms with van der Waals surface area (Å²) < 4.78 is 1.90. The zero-order valence-corrected chi connectivity index (χ0v) is 10.4. The van der Waals surface area contributed by atoms with Crippen molar-refractivity contribution >= 4 is 5.65 Å². The predicted octanol–water partition coefficient (Wildman–Crippen LogP) is 3.05. The molecule has 2 heterocycles. The van der Waals surface area contributed by atoms with Gasteiger partial charge in [-0.25, -0.2) is 9.50 Å². The molecule has 0 N–H and O–H groups in total. The summed E-state index contributed by atoms with van der Waals surface area (Å²) >= 11 is 0. The fourth-order valence-electron chi connectivity index (χ4n) is 1.79. The van der Waals surface area contributed by atoms with E-state index in [0.29, 0.717) is 11.8 Å². The fourth-order valence-corrected chi connectivity index (χ4v) is 1.79. The van der Waals surface area contributed by atoms with Crippen LogP contribution in [0.2, 0.25) is 0 Å². The van der Waals surface area contributed by atoms with Crippen molar-refractivity contribution in [3.63, 3.8) is 0 Å². The molecular formula is C13H19N3. The van der Waals surface area contributed by atoms with E-state index in [1.54, 1.807) is 0 Å². The Bertz CT molecular complexity index is 483. The summed E-state index contributed by atoms with van der Waals surface area (Å²) in [6, 6.07) is 2.06. The molecule has 0 aliphatic carbocycles. The second kappa shape index (κ2) is 4.24. The Balaban J connectivity index is 2.38. The smallest absolute Gasteiger partial charge is 0.155 e. The highest BCUT2D eigenvalue weighted by Crippen LogP contribution is 2.15. The Hall–Kier alpha value is -1.38. The monoisotopic (exact) mass is 217 g/mol. The maximum Gasteiger partial charge on any atom is 0.155 e. The van der Waals surface area contributed by atoms with Crippen LogP contribution in [-0.4, -0.2) is 14.6 Å². The van der Waals surface area contributed by atoms with Gasteiger partial charge in [-0.2, -0.15) is 5.10 Å². The standard InChI is InChI=1S/C13H19N3/c1-9(2)5-11-7-14-13-6-12(10(3)4)15-16(13)8-11/h6-10H,5H2,1-4H3. The lowest BCUT2D eigenvalue weighted by Gasteiger charge is -2.04. The average Bonchev–Trinajstić information content (AvgIpc) is 2.59. The first-order valence-electron chi connectivity index (χ1n) is 5.90. The van der Waals surface area contributed by atoms with Crippen LogP contribution in [0.1, 0.15) is 44.9 Å². The Labute approximate surface area is 96.5 Å². The van der Waals surface area contributed by atoms with Crippen molar-refractivity contribution in [3.05, 3.63) is 29.7 Å². The molecule has 0 atom stereocenters. The van der Waals surface area contributed by atoms with Crippen molar-refractivity contribution in [1.82, 2.24) is 14.6 Å². The molecule has 0 aliphatic heterocycles. The fraction of sp³-hybridized carbons (Fsp3) is 0.538. The van der Waals surface area contributed by atoms with Crippen molar-refractivity contribution in [3.8, 4) is 0 Å². The third-order valence-electron chi connectivity index (χ3n) is 2.62. The summed E-state index contributed by atoms with van der Waals surface area (Å²) in [5.74, 6) is 1.11. The lowest BCUT2D eigenvalue weighted by Crippen LogP contribution is -1.99. The van der Waals surface area contributed by atoms with Crippen LogP contribution in [0.25, 0.3) is 5.65 Å². The van der Waals surface area contributed by atoms with Crippen molar-refractivity contribution < 1.29 is 0 Å². The minimum Gasteiger partial charge on any atom is -0.237 e. The number of fused-ring (bicyclic) bond motifs is 1. The van der Waals surface area contributed by atoms with Gasteiger partial charge in [0.15, 0.2) is 5.65 Å². The van der Waals surface area contributed by atoms with Crippen molar-refractivity contribution in [2.24, 2.45) is 5.92 Å². The number of aromatic nitrogens is 3. The molecule has 0 spiro atoms. The van der Waals surface area contributed by atoms with Gasteiger partial charge in [0.25, 0.3) is 0 Å². The maximum absolute atomic E-state index is 4.53. The van der Waals surface area contributed by atoms with Gasteiger partial charge in [0.2, 0.25) is 0 Å². The van der Waals surface area contributed by atoms with Gasteiger partial charge in [-0.3, -0.25) is 0 Å². The molecule has 16 heavy (non-hydrogen) atoms. The van der Waals surface area contributed by atoms with Gasteiger partial charge in [-0.15, -0.1) is 0 Å². The Morgan fingerprint density at radius 2 is 2.00 bits per heavy atom. The van der Waals surface area contributed by atoms with Gasteiger partial charge in [0, 0.05) is 18.5 Å². The molecule has 0 unspecified atom stereocenters. The molecule has 0 aliphatic rings. The van der Waals surface area contributed by atoms with Gasteiger partial charge < -0.3 is 0 Å². The first-order valence-corrected chi connectivity index (χ1v) is 5.90. The predicted molar refractivity (Wildman–Crippen MR) is 65.6 cm³/mol. The molecule has 3 nitrogen and oxygen atoms in total. The molecule has 0 bridgehead atoms. The quantitative estimate of drug-likeness (QED) is 0.791. The molecule has 2 rings (SSSR count). The molecule has 2 aromatic heterocycles. The van der Waals surface area contributed by atoms with E-state index in [4.69, 9.17) is 0 Å². The van der Waals surface area contributed by atoms with E-state index < -0.39 is 0 Å². The molecule has 0 aromatic carbocycles. The molecule has 0 fully saturated rings. The van der Waals surface area contributed by atoms with Gasteiger partial charge in [0.05, 0.1) is 5.69 Å². The molecular weight excluding hydrogens is 198 g/mol. The van der Waals surface area contributed by atoms with E-state index in [0.717, 1.165) is 17.8 Å². The molecule has 0 saturated heterocycles. The Morgan fingerprint density at radius 3 is 2.62 bits per heavy atom. The normalized spacial score (nSPS) is 11.9. The molecule has 86 valence electrons. The summed E-state index contributed by atoms with van der Waals surface area (Å²) in [5, 5.41) is 4.53. The largest absolute Gasteiger partial charge is 0.237 e. The average molecular weight is 217 g/mol. The van der Waals surface area contributed by atoms with Crippen LogP contribution in [0, 0.1) is 5.92 Å². The highest BCUT2D eigenvalue weighted by Gasteiger charge is 2.07. The third-order valence-corrected chi connectivity index (χ3v) is 2.62. The molecule has 2 aromatic rings. The van der Waals surface area contributed by atoms with Crippen LogP contribution in [0.4, 0.5) is 0 Å². The maximum atomic E-state index is 4.53. The first kappa shape index (κ1) is 11.1. The van der Waals surface area contributed by atoms with E-state index in [9.17, 15) is 0 Å². The zero-order chi connectivity index (χ0) is 11.7. The Morgan fingerprint density at radius 1 is 1.25 bits per heavy atom. The summed E-state index contributed by atoms with van der Waals surface area (Å²) in [6.45, 7) is 8.73. The SMILES string of the molecule is CC(C)Cc1cnc2cc(C(C)C)nn2c1. The topological polar surface area (TPSA) is 30.2 Å². The van der Waals surface area contributed by atoms with Crippen LogP contribution >= 0.6 is 0 Å². The highest BCUT2D eigenvalue weighted by atomic mass is 15.2. The highest BCUT2D eigenvalue weighted by molar-refractivity contribution is 5.40. The van der Waals surface area contributed by atoms with Crippen LogP contribution in [-0.2, 0) is 6.42 Å². The van der Waals surface area contributed by atoms with Crippen molar-refractivity contribution in [2.75, 3.05) is 0 Å².